The molecule has 1 aromatic rings. The predicted octanol–water partition coefficient (Wildman–Crippen LogP) is 2.17. The van der Waals surface area contributed by atoms with Crippen LogP contribution in [0.3, 0.4) is 0 Å². The Morgan fingerprint density at radius 2 is 2.28 bits per heavy atom. The molecule has 5 heteroatoms. The number of carboxylic acids is 1. The summed E-state index contributed by atoms with van der Waals surface area (Å²) in [4.78, 5) is 15.3. The van der Waals surface area contributed by atoms with Gasteiger partial charge in [0, 0.05) is 0 Å². The molecule has 18 heavy (non-hydrogen) atoms. The smallest absolute Gasteiger partial charge is 0.326 e. The number of aryl methyl sites for hydroxylation is 1. The van der Waals surface area contributed by atoms with Crippen LogP contribution in [0, 0.1) is 24.2 Å². The average molecular weight is 247 g/mol. The fourth-order valence-electron chi connectivity index (χ4n) is 1.56. The van der Waals surface area contributed by atoms with E-state index in [9.17, 15) is 4.79 Å². The van der Waals surface area contributed by atoms with Gasteiger partial charge >= 0.3 is 5.97 Å². The normalized spacial score (nSPS) is 13.4. The molecule has 0 fully saturated rings. The number of anilines is 1. The molecule has 2 atom stereocenters. The number of nitrogens with zero attached hydrogens (tertiary/aromatic N) is 2. The molecule has 0 aromatic carbocycles. The minimum atomic E-state index is -0.912. The van der Waals surface area contributed by atoms with Crippen LogP contribution in [0.2, 0.25) is 0 Å². The zero-order valence-corrected chi connectivity index (χ0v) is 10.8. The summed E-state index contributed by atoms with van der Waals surface area (Å²) < 4.78 is 0. The molecular formula is C13H17N3O2. The summed E-state index contributed by atoms with van der Waals surface area (Å²) in [7, 11) is 0. The SMILES string of the molecule is CC[C@H](C)[C@H](Nc1ccc(C)c(C#N)n1)C(=O)O. The molecule has 2 N–H and O–H groups in total. The molecule has 0 aliphatic carbocycles. The van der Waals surface area contributed by atoms with Crippen LogP contribution in [0.5, 0.6) is 0 Å². The van der Waals surface area contributed by atoms with Crippen molar-refractivity contribution < 1.29 is 9.90 Å². The molecule has 0 spiro atoms. The van der Waals surface area contributed by atoms with E-state index in [4.69, 9.17) is 10.4 Å². The third kappa shape index (κ3) is 3.20. The Bertz CT molecular complexity index is 480. The van der Waals surface area contributed by atoms with E-state index in [0.717, 1.165) is 12.0 Å². The van der Waals surface area contributed by atoms with Crippen LogP contribution in [-0.2, 0) is 4.79 Å². The second kappa shape index (κ2) is 6.01. The summed E-state index contributed by atoms with van der Waals surface area (Å²) in [5, 5.41) is 20.9. The van der Waals surface area contributed by atoms with E-state index in [0.29, 0.717) is 11.5 Å². The summed E-state index contributed by atoms with van der Waals surface area (Å²) in [5.74, 6) is -0.508. The highest BCUT2D eigenvalue weighted by molar-refractivity contribution is 5.77. The third-order valence-corrected chi connectivity index (χ3v) is 2.99. The highest BCUT2D eigenvalue weighted by Crippen LogP contribution is 2.15. The van der Waals surface area contributed by atoms with Crippen molar-refractivity contribution in [2.75, 3.05) is 5.32 Å². The van der Waals surface area contributed by atoms with Crippen LogP contribution >= 0.6 is 0 Å². The first kappa shape index (κ1) is 14.0. The lowest BCUT2D eigenvalue weighted by Crippen LogP contribution is -2.35. The monoisotopic (exact) mass is 247 g/mol. The molecular weight excluding hydrogens is 230 g/mol. The zero-order chi connectivity index (χ0) is 13.7. The summed E-state index contributed by atoms with van der Waals surface area (Å²) >= 11 is 0. The molecule has 1 aromatic heterocycles. The van der Waals surface area contributed by atoms with Gasteiger partial charge < -0.3 is 10.4 Å². The molecule has 0 saturated carbocycles. The first-order valence-electron chi connectivity index (χ1n) is 5.86. The fraction of sp³-hybridized carbons (Fsp3) is 0.462. The Balaban J connectivity index is 2.95. The molecule has 1 rings (SSSR count). The van der Waals surface area contributed by atoms with Gasteiger partial charge in [-0.2, -0.15) is 5.26 Å². The number of pyridine rings is 1. The number of aliphatic carboxylic acids is 1. The van der Waals surface area contributed by atoms with Crippen LogP contribution in [0.1, 0.15) is 31.5 Å². The van der Waals surface area contributed by atoms with Crippen molar-refractivity contribution in [1.82, 2.24) is 4.98 Å². The van der Waals surface area contributed by atoms with Gasteiger partial charge in [0.15, 0.2) is 0 Å². The van der Waals surface area contributed by atoms with Gasteiger partial charge in [-0.25, -0.2) is 9.78 Å². The number of nitrogens with one attached hydrogen (secondary N) is 1. The Labute approximate surface area is 106 Å². The van der Waals surface area contributed by atoms with Crippen molar-refractivity contribution in [2.45, 2.75) is 33.2 Å². The first-order valence-corrected chi connectivity index (χ1v) is 5.86. The number of nitriles is 1. The Morgan fingerprint density at radius 3 is 2.78 bits per heavy atom. The Morgan fingerprint density at radius 1 is 1.61 bits per heavy atom. The zero-order valence-electron chi connectivity index (χ0n) is 10.8. The van der Waals surface area contributed by atoms with E-state index < -0.39 is 12.0 Å². The average Bonchev–Trinajstić information content (AvgIpc) is 2.36. The van der Waals surface area contributed by atoms with Gasteiger partial charge in [0.05, 0.1) is 0 Å². The molecule has 0 saturated heterocycles. The van der Waals surface area contributed by atoms with Gasteiger partial charge in [-0.15, -0.1) is 0 Å². The molecule has 0 amide bonds. The highest BCUT2D eigenvalue weighted by Gasteiger charge is 2.23. The van der Waals surface area contributed by atoms with Crippen molar-refractivity contribution in [3.05, 3.63) is 23.4 Å². The molecule has 1 heterocycles. The number of aromatic nitrogens is 1. The molecule has 0 bridgehead atoms. The predicted molar refractivity (Wildman–Crippen MR) is 68.2 cm³/mol. The minimum Gasteiger partial charge on any atom is -0.480 e. The van der Waals surface area contributed by atoms with Crippen molar-refractivity contribution in [3.8, 4) is 6.07 Å². The van der Waals surface area contributed by atoms with E-state index in [1.807, 2.05) is 19.9 Å². The van der Waals surface area contributed by atoms with E-state index in [2.05, 4.69) is 10.3 Å². The van der Waals surface area contributed by atoms with Crippen LogP contribution in [0.25, 0.3) is 0 Å². The van der Waals surface area contributed by atoms with E-state index in [1.165, 1.54) is 0 Å². The highest BCUT2D eigenvalue weighted by atomic mass is 16.4. The fourth-order valence-corrected chi connectivity index (χ4v) is 1.56. The van der Waals surface area contributed by atoms with Crippen LogP contribution in [-0.4, -0.2) is 22.1 Å². The molecule has 5 nitrogen and oxygen atoms in total. The topological polar surface area (TPSA) is 86.0 Å². The second-order valence-corrected chi connectivity index (χ2v) is 4.32. The van der Waals surface area contributed by atoms with Crippen molar-refractivity contribution in [2.24, 2.45) is 5.92 Å². The van der Waals surface area contributed by atoms with Gasteiger partial charge in [0.1, 0.15) is 23.6 Å². The van der Waals surface area contributed by atoms with Crippen molar-refractivity contribution in [3.63, 3.8) is 0 Å². The number of rotatable bonds is 5. The van der Waals surface area contributed by atoms with Gasteiger partial charge in [0.25, 0.3) is 0 Å². The quantitative estimate of drug-likeness (QED) is 0.832. The van der Waals surface area contributed by atoms with Crippen molar-refractivity contribution >= 4 is 11.8 Å². The maximum absolute atomic E-state index is 11.2. The lowest BCUT2D eigenvalue weighted by atomic mass is 9.99. The number of hydrogen-bond donors (Lipinski definition) is 2. The Kier molecular flexibility index (Phi) is 4.67. The van der Waals surface area contributed by atoms with Crippen LogP contribution in [0.4, 0.5) is 5.82 Å². The summed E-state index contributed by atoms with van der Waals surface area (Å²) in [6.07, 6.45) is 0.751. The van der Waals surface area contributed by atoms with Crippen LogP contribution in [0.15, 0.2) is 12.1 Å². The van der Waals surface area contributed by atoms with Crippen molar-refractivity contribution in [1.29, 1.82) is 5.26 Å². The minimum absolute atomic E-state index is 0.0175. The van der Waals surface area contributed by atoms with Gasteiger partial charge in [0.2, 0.25) is 0 Å². The third-order valence-electron chi connectivity index (χ3n) is 2.99. The number of carboxylic acid groups (broad SMARTS) is 1. The largest absolute Gasteiger partial charge is 0.480 e. The van der Waals surface area contributed by atoms with E-state index >= 15 is 0 Å². The first-order chi connectivity index (χ1) is 8.49. The number of hydrogen-bond acceptors (Lipinski definition) is 4. The molecule has 0 unspecified atom stereocenters. The van der Waals surface area contributed by atoms with Crippen LogP contribution < -0.4 is 5.32 Å². The molecule has 0 radical (unpaired) electrons. The summed E-state index contributed by atoms with van der Waals surface area (Å²) in [6.45, 7) is 5.59. The summed E-state index contributed by atoms with van der Waals surface area (Å²) in [6, 6.07) is 4.73. The summed E-state index contributed by atoms with van der Waals surface area (Å²) in [5.41, 5.74) is 1.09. The van der Waals surface area contributed by atoms with Gasteiger partial charge in [-0.05, 0) is 24.5 Å². The maximum Gasteiger partial charge on any atom is 0.326 e. The van der Waals surface area contributed by atoms with Gasteiger partial charge in [-0.3, -0.25) is 0 Å². The second-order valence-electron chi connectivity index (χ2n) is 4.32. The van der Waals surface area contributed by atoms with E-state index in [1.54, 1.807) is 19.1 Å². The van der Waals surface area contributed by atoms with E-state index in [-0.39, 0.29) is 5.92 Å². The lowest BCUT2D eigenvalue weighted by molar-refractivity contribution is -0.139. The molecule has 0 aliphatic heterocycles. The maximum atomic E-state index is 11.2. The van der Waals surface area contributed by atoms with Gasteiger partial charge in [-0.1, -0.05) is 26.3 Å². The Hall–Kier alpha value is -2.09. The lowest BCUT2D eigenvalue weighted by Gasteiger charge is -2.20. The molecule has 96 valence electrons. The molecule has 0 aliphatic rings. The number of carbonyl (C=O) groups is 1. The standard InChI is InChI=1S/C13H17N3O2/c1-4-8(2)12(13(17)18)16-11-6-5-9(3)10(7-14)15-11/h5-6,8,12H,4H2,1-3H3,(H,15,16)(H,17,18)/t8-,12-/m0/s1.